The minimum absolute atomic E-state index is 0.00696. The van der Waals surface area contributed by atoms with Crippen LogP contribution in [-0.2, 0) is 0 Å². The number of nitrogens with zero attached hydrogens (tertiary/aromatic N) is 4. The van der Waals surface area contributed by atoms with E-state index < -0.39 is 0 Å². The molecule has 0 unspecified atom stereocenters. The van der Waals surface area contributed by atoms with Crippen LogP contribution in [0.15, 0.2) is 42.9 Å². The van der Waals surface area contributed by atoms with Gasteiger partial charge >= 0.3 is 0 Å². The van der Waals surface area contributed by atoms with Crippen molar-refractivity contribution in [3.05, 3.63) is 54.2 Å². The third-order valence-corrected chi connectivity index (χ3v) is 4.04. The lowest BCUT2D eigenvalue weighted by Gasteiger charge is -2.28. The van der Waals surface area contributed by atoms with Gasteiger partial charge in [0.2, 0.25) is 0 Å². The van der Waals surface area contributed by atoms with E-state index in [0.29, 0.717) is 16.7 Å². The Morgan fingerprint density at radius 1 is 1.13 bits per heavy atom. The number of nitrogens with one attached hydrogen (secondary N) is 1. The van der Waals surface area contributed by atoms with Crippen LogP contribution >= 0.6 is 0 Å². The van der Waals surface area contributed by atoms with Crippen LogP contribution in [0, 0.1) is 5.82 Å². The van der Waals surface area contributed by atoms with Crippen molar-refractivity contribution in [3.63, 3.8) is 0 Å². The molecule has 1 atom stereocenters. The lowest BCUT2D eigenvalue weighted by molar-refractivity contribution is 0.636. The Morgan fingerprint density at radius 3 is 2.74 bits per heavy atom. The van der Waals surface area contributed by atoms with E-state index in [0.717, 1.165) is 11.4 Å². The maximum atomic E-state index is 13.9. The van der Waals surface area contributed by atoms with Crippen molar-refractivity contribution in [2.45, 2.75) is 13.0 Å². The number of hydrogen-bond acceptors (Lipinski definition) is 5. The van der Waals surface area contributed by atoms with Gasteiger partial charge in [-0.05, 0) is 25.1 Å². The smallest absolute Gasteiger partial charge is 0.149 e. The average molecular weight is 311 g/mol. The number of hydrogen-bond donors (Lipinski definition) is 1. The van der Waals surface area contributed by atoms with Crippen LogP contribution in [0.25, 0.3) is 10.9 Å². The normalized spacial score (nSPS) is 12.2. The standard InChI is InChI=1S/C17H18FN5/c1-11(12-7-5-9-20-16(12)19-2)23(3)17-13-6-4-8-14(18)15(13)21-10-22-17/h4-11H,1-3H3,(H,19,20)/t11-/m1/s1. The summed E-state index contributed by atoms with van der Waals surface area (Å²) in [5.74, 6) is 1.16. The molecule has 6 heteroatoms. The number of anilines is 2. The van der Waals surface area contributed by atoms with Crippen LogP contribution in [0.2, 0.25) is 0 Å². The lowest BCUT2D eigenvalue weighted by Crippen LogP contribution is -2.24. The molecule has 2 heterocycles. The average Bonchev–Trinajstić information content (AvgIpc) is 2.60. The lowest BCUT2D eigenvalue weighted by atomic mass is 10.1. The van der Waals surface area contributed by atoms with Gasteiger partial charge in [0.15, 0.2) is 0 Å². The van der Waals surface area contributed by atoms with Crippen LogP contribution in [0.3, 0.4) is 0 Å². The number of pyridine rings is 1. The molecule has 1 N–H and O–H groups in total. The highest BCUT2D eigenvalue weighted by Crippen LogP contribution is 2.31. The van der Waals surface area contributed by atoms with E-state index in [4.69, 9.17) is 0 Å². The van der Waals surface area contributed by atoms with Crippen molar-refractivity contribution >= 4 is 22.5 Å². The highest BCUT2D eigenvalue weighted by atomic mass is 19.1. The second-order valence-corrected chi connectivity index (χ2v) is 5.31. The van der Waals surface area contributed by atoms with E-state index in [1.807, 2.05) is 37.2 Å². The minimum Gasteiger partial charge on any atom is -0.373 e. The molecular formula is C17H18FN5. The van der Waals surface area contributed by atoms with E-state index >= 15 is 0 Å². The van der Waals surface area contributed by atoms with Gasteiger partial charge in [-0.15, -0.1) is 0 Å². The van der Waals surface area contributed by atoms with Crippen LogP contribution in [-0.4, -0.2) is 29.0 Å². The molecule has 0 radical (unpaired) electrons. The number of fused-ring (bicyclic) bond motifs is 1. The molecule has 23 heavy (non-hydrogen) atoms. The highest BCUT2D eigenvalue weighted by Gasteiger charge is 2.19. The predicted octanol–water partition coefficient (Wildman–Crippen LogP) is 3.40. The summed E-state index contributed by atoms with van der Waals surface area (Å²) in [4.78, 5) is 14.8. The summed E-state index contributed by atoms with van der Waals surface area (Å²) in [5.41, 5.74) is 1.37. The van der Waals surface area contributed by atoms with Crippen LogP contribution in [0.4, 0.5) is 16.0 Å². The zero-order valence-corrected chi connectivity index (χ0v) is 13.3. The van der Waals surface area contributed by atoms with Gasteiger partial charge in [-0.2, -0.15) is 0 Å². The third kappa shape index (κ3) is 2.67. The third-order valence-electron chi connectivity index (χ3n) is 4.04. The summed E-state index contributed by atoms with van der Waals surface area (Å²) in [5, 5.41) is 3.79. The number of aromatic nitrogens is 3. The van der Waals surface area contributed by atoms with Gasteiger partial charge in [-0.25, -0.2) is 19.3 Å². The molecule has 1 aromatic carbocycles. The van der Waals surface area contributed by atoms with E-state index in [1.165, 1.54) is 12.4 Å². The SMILES string of the molecule is CNc1ncccc1[C@@H](C)N(C)c1ncnc2c(F)cccc12. The molecule has 118 valence electrons. The number of benzene rings is 1. The van der Waals surface area contributed by atoms with Gasteiger partial charge in [0.05, 0.1) is 6.04 Å². The maximum Gasteiger partial charge on any atom is 0.149 e. The second kappa shape index (κ2) is 6.16. The molecule has 3 rings (SSSR count). The fourth-order valence-corrected chi connectivity index (χ4v) is 2.67. The van der Waals surface area contributed by atoms with Gasteiger partial charge in [0.1, 0.15) is 29.3 Å². The molecule has 0 aliphatic carbocycles. The first-order chi connectivity index (χ1) is 11.1. The number of halogens is 1. The molecule has 2 aromatic heterocycles. The molecule has 0 saturated carbocycles. The van der Waals surface area contributed by atoms with Gasteiger partial charge in [0, 0.05) is 31.2 Å². The van der Waals surface area contributed by atoms with Crippen molar-refractivity contribution in [1.82, 2.24) is 15.0 Å². The molecule has 0 amide bonds. The van der Waals surface area contributed by atoms with Crippen molar-refractivity contribution in [2.75, 3.05) is 24.3 Å². The largest absolute Gasteiger partial charge is 0.373 e. The Hall–Kier alpha value is -2.76. The Morgan fingerprint density at radius 2 is 1.96 bits per heavy atom. The van der Waals surface area contributed by atoms with Crippen molar-refractivity contribution in [1.29, 1.82) is 0 Å². The van der Waals surface area contributed by atoms with E-state index in [1.54, 1.807) is 12.3 Å². The first-order valence-electron chi connectivity index (χ1n) is 7.38. The maximum absolute atomic E-state index is 13.9. The van der Waals surface area contributed by atoms with Crippen molar-refractivity contribution < 1.29 is 4.39 Å². The summed E-state index contributed by atoms with van der Waals surface area (Å²) in [7, 11) is 3.78. The molecule has 0 fully saturated rings. The fourth-order valence-electron chi connectivity index (χ4n) is 2.67. The Labute approximate surface area is 134 Å². The summed E-state index contributed by atoms with van der Waals surface area (Å²) < 4.78 is 13.9. The number of para-hydroxylation sites is 1. The summed E-state index contributed by atoms with van der Waals surface area (Å²) in [6.07, 6.45) is 3.14. The molecular weight excluding hydrogens is 293 g/mol. The monoisotopic (exact) mass is 311 g/mol. The Bertz CT molecular complexity index is 836. The summed E-state index contributed by atoms with van der Waals surface area (Å²) in [6, 6.07) is 8.84. The van der Waals surface area contributed by atoms with Gasteiger partial charge < -0.3 is 10.2 Å². The molecule has 0 bridgehead atoms. The topological polar surface area (TPSA) is 53.9 Å². The van der Waals surface area contributed by atoms with Gasteiger partial charge in [0.25, 0.3) is 0 Å². The minimum atomic E-state index is -0.343. The zero-order chi connectivity index (χ0) is 16.4. The van der Waals surface area contributed by atoms with Gasteiger partial charge in [-0.3, -0.25) is 0 Å². The molecule has 0 aliphatic heterocycles. The van der Waals surface area contributed by atoms with Crippen LogP contribution < -0.4 is 10.2 Å². The van der Waals surface area contributed by atoms with Crippen LogP contribution in [0.5, 0.6) is 0 Å². The second-order valence-electron chi connectivity index (χ2n) is 5.31. The fraction of sp³-hybridized carbons (Fsp3) is 0.235. The molecule has 0 spiro atoms. The van der Waals surface area contributed by atoms with E-state index in [2.05, 4.69) is 27.2 Å². The van der Waals surface area contributed by atoms with Gasteiger partial charge in [-0.1, -0.05) is 12.1 Å². The van der Waals surface area contributed by atoms with Crippen molar-refractivity contribution in [2.24, 2.45) is 0 Å². The quantitative estimate of drug-likeness (QED) is 0.800. The first-order valence-corrected chi connectivity index (χ1v) is 7.38. The number of rotatable bonds is 4. The highest BCUT2D eigenvalue weighted by molar-refractivity contribution is 5.89. The molecule has 3 aromatic rings. The zero-order valence-electron chi connectivity index (χ0n) is 13.3. The summed E-state index contributed by atoms with van der Waals surface area (Å²) in [6.45, 7) is 2.06. The van der Waals surface area contributed by atoms with E-state index in [9.17, 15) is 4.39 Å². The molecule has 5 nitrogen and oxygen atoms in total. The first kappa shape index (κ1) is 15.1. The molecule has 0 saturated heterocycles. The molecule has 0 aliphatic rings. The van der Waals surface area contributed by atoms with Crippen LogP contribution in [0.1, 0.15) is 18.5 Å². The van der Waals surface area contributed by atoms with E-state index in [-0.39, 0.29) is 11.9 Å². The van der Waals surface area contributed by atoms with Crippen molar-refractivity contribution in [3.8, 4) is 0 Å². The predicted molar refractivity (Wildman–Crippen MR) is 90.1 cm³/mol. The Kier molecular flexibility index (Phi) is 4.06. The Balaban J connectivity index is 2.07. The summed E-state index contributed by atoms with van der Waals surface area (Å²) >= 11 is 0.